The first kappa shape index (κ1) is 14.3. The topological polar surface area (TPSA) is 64.3 Å². The molecular formula is C15H18N2O3. The monoisotopic (exact) mass is 274 g/mol. The van der Waals surface area contributed by atoms with Gasteiger partial charge in [-0.3, -0.25) is 4.79 Å². The molecule has 0 unspecified atom stereocenters. The minimum atomic E-state index is -0.295. The van der Waals surface area contributed by atoms with E-state index >= 15 is 0 Å². The molecule has 0 amide bonds. The fraction of sp³-hybridized carbons (Fsp3) is 0.333. The molecule has 0 saturated heterocycles. The van der Waals surface area contributed by atoms with Crippen LogP contribution in [0.15, 0.2) is 35.1 Å². The molecule has 5 nitrogen and oxygen atoms in total. The Morgan fingerprint density at radius 2 is 1.95 bits per heavy atom. The summed E-state index contributed by atoms with van der Waals surface area (Å²) >= 11 is 0. The van der Waals surface area contributed by atoms with Gasteiger partial charge in [-0.25, -0.2) is 4.68 Å². The number of hydrogen-bond donors (Lipinski definition) is 1. The molecule has 0 aliphatic rings. The summed E-state index contributed by atoms with van der Waals surface area (Å²) in [5.41, 5.74) is 1.56. The van der Waals surface area contributed by atoms with Gasteiger partial charge >= 0.3 is 0 Å². The molecule has 20 heavy (non-hydrogen) atoms. The van der Waals surface area contributed by atoms with Gasteiger partial charge in [-0.15, -0.1) is 0 Å². The van der Waals surface area contributed by atoms with Gasteiger partial charge in [0.05, 0.1) is 18.4 Å². The van der Waals surface area contributed by atoms with Crippen LogP contribution in [0.1, 0.15) is 19.4 Å². The molecule has 0 spiro atoms. The van der Waals surface area contributed by atoms with Gasteiger partial charge in [-0.2, -0.15) is 5.10 Å². The molecule has 0 aliphatic carbocycles. The van der Waals surface area contributed by atoms with Crippen molar-refractivity contribution in [2.45, 2.75) is 26.6 Å². The van der Waals surface area contributed by atoms with E-state index in [0.29, 0.717) is 11.3 Å². The Labute approximate surface area is 117 Å². The third-order valence-electron chi connectivity index (χ3n) is 2.83. The Morgan fingerprint density at radius 3 is 2.50 bits per heavy atom. The maximum Gasteiger partial charge on any atom is 0.272 e. The van der Waals surface area contributed by atoms with Crippen molar-refractivity contribution in [3.8, 4) is 17.0 Å². The van der Waals surface area contributed by atoms with E-state index in [0.717, 1.165) is 11.3 Å². The first-order valence-corrected chi connectivity index (χ1v) is 6.46. The van der Waals surface area contributed by atoms with Crippen LogP contribution >= 0.6 is 0 Å². The zero-order valence-corrected chi connectivity index (χ0v) is 11.8. The summed E-state index contributed by atoms with van der Waals surface area (Å²) in [6, 6.07) is 9.10. The zero-order valence-electron chi connectivity index (χ0n) is 11.8. The van der Waals surface area contributed by atoms with Gasteiger partial charge in [-0.1, -0.05) is 0 Å². The fourth-order valence-electron chi connectivity index (χ4n) is 1.90. The average Bonchev–Trinajstić information content (AvgIpc) is 2.42. The molecular weight excluding hydrogens is 256 g/mol. The van der Waals surface area contributed by atoms with Gasteiger partial charge in [-0.05, 0) is 44.2 Å². The quantitative estimate of drug-likeness (QED) is 0.922. The summed E-state index contributed by atoms with van der Waals surface area (Å²) in [6.45, 7) is 3.64. The fourth-order valence-corrected chi connectivity index (χ4v) is 1.90. The van der Waals surface area contributed by atoms with E-state index in [2.05, 4.69) is 5.10 Å². The van der Waals surface area contributed by atoms with Gasteiger partial charge in [0.2, 0.25) is 0 Å². The van der Waals surface area contributed by atoms with Crippen molar-refractivity contribution in [1.82, 2.24) is 9.78 Å². The van der Waals surface area contributed by atoms with Crippen molar-refractivity contribution in [2.75, 3.05) is 0 Å². The molecule has 0 atom stereocenters. The van der Waals surface area contributed by atoms with Gasteiger partial charge in [0.25, 0.3) is 5.56 Å². The van der Waals surface area contributed by atoms with E-state index in [1.54, 1.807) is 13.1 Å². The normalized spacial score (nSPS) is 10.8. The summed E-state index contributed by atoms with van der Waals surface area (Å²) in [6.07, 6.45) is 0.123. The molecule has 1 aromatic carbocycles. The van der Waals surface area contributed by atoms with Crippen LogP contribution in [0.25, 0.3) is 11.3 Å². The van der Waals surface area contributed by atoms with E-state index in [9.17, 15) is 9.90 Å². The lowest BCUT2D eigenvalue weighted by atomic mass is 10.1. The third kappa shape index (κ3) is 3.05. The Bertz CT molecular complexity index is 645. The molecule has 0 fully saturated rings. The van der Waals surface area contributed by atoms with Gasteiger partial charge in [0.1, 0.15) is 5.75 Å². The highest BCUT2D eigenvalue weighted by Crippen LogP contribution is 2.21. The Hall–Kier alpha value is -2.14. The average molecular weight is 274 g/mol. The number of benzene rings is 1. The Balaban J connectivity index is 2.37. The second kappa shape index (κ2) is 5.88. The first-order valence-electron chi connectivity index (χ1n) is 6.46. The highest BCUT2D eigenvalue weighted by Gasteiger charge is 2.07. The minimum Gasteiger partial charge on any atom is -0.491 e. The lowest BCUT2D eigenvalue weighted by Crippen LogP contribution is -2.23. The van der Waals surface area contributed by atoms with Crippen molar-refractivity contribution in [1.29, 1.82) is 0 Å². The number of ether oxygens (including phenoxy) is 1. The number of rotatable bonds is 4. The first-order chi connectivity index (χ1) is 9.51. The van der Waals surface area contributed by atoms with E-state index in [1.807, 2.05) is 38.1 Å². The number of aromatic nitrogens is 2. The van der Waals surface area contributed by atoms with Crippen LogP contribution < -0.4 is 10.3 Å². The van der Waals surface area contributed by atoms with Crippen LogP contribution in [0.3, 0.4) is 0 Å². The highest BCUT2D eigenvalue weighted by atomic mass is 16.5. The largest absolute Gasteiger partial charge is 0.491 e. The standard InChI is InChI=1S/C15H18N2O3/c1-10(2)20-13-6-4-11(5-7-13)14-8-12(9-18)15(19)17(3)16-14/h4-8,10,18H,9H2,1-3H3. The molecule has 0 aliphatic heterocycles. The molecule has 106 valence electrons. The second-order valence-electron chi connectivity index (χ2n) is 4.83. The molecule has 5 heteroatoms. The number of aliphatic hydroxyl groups excluding tert-OH is 1. The smallest absolute Gasteiger partial charge is 0.272 e. The van der Waals surface area contributed by atoms with Crippen LogP contribution in [-0.2, 0) is 13.7 Å². The summed E-state index contributed by atoms with van der Waals surface area (Å²) in [5, 5.41) is 13.4. The van der Waals surface area contributed by atoms with Crippen LogP contribution in [0.4, 0.5) is 0 Å². The number of hydrogen-bond acceptors (Lipinski definition) is 4. The SMILES string of the molecule is CC(C)Oc1ccc(-c2cc(CO)c(=O)n(C)n2)cc1. The zero-order chi connectivity index (χ0) is 14.7. The molecule has 0 bridgehead atoms. The van der Waals surface area contributed by atoms with Crippen molar-refractivity contribution >= 4 is 0 Å². The van der Waals surface area contributed by atoms with Gasteiger partial charge in [0, 0.05) is 18.2 Å². The van der Waals surface area contributed by atoms with Crippen LogP contribution in [0.5, 0.6) is 5.75 Å². The van der Waals surface area contributed by atoms with Crippen molar-refractivity contribution in [3.63, 3.8) is 0 Å². The molecule has 1 N–H and O–H groups in total. The van der Waals surface area contributed by atoms with Gasteiger partial charge in [0.15, 0.2) is 0 Å². The predicted molar refractivity (Wildman–Crippen MR) is 76.6 cm³/mol. The van der Waals surface area contributed by atoms with Crippen LogP contribution in [0, 0.1) is 0 Å². The molecule has 0 saturated carbocycles. The highest BCUT2D eigenvalue weighted by molar-refractivity contribution is 5.60. The van der Waals surface area contributed by atoms with Crippen molar-refractivity contribution in [3.05, 3.63) is 46.2 Å². The van der Waals surface area contributed by atoms with E-state index in [-0.39, 0.29) is 18.3 Å². The minimum absolute atomic E-state index is 0.123. The number of aryl methyl sites for hydroxylation is 1. The Morgan fingerprint density at radius 1 is 1.30 bits per heavy atom. The van der Waals surface area contributed by atoms with E-state index in [1.165, 1.54) is 4.68 Å². The van der Waals surface area contributed by atoms with E-state index < -0.39 is 0 Å². The molecule has 2 aromatic rings. The number of nitrogens with zero attached hydrogens (tertiary/aromatic N) is 2. The lowest BCUT2D eigenvalue weighted by Gasteiger charge is -2.10. The second-order valence-corrected chi connectivity index (χ2v) is 4.83. The Kier molecular flexibility index (Phi) is 4.20. The molecule has 1 aromatic heterocycles. The lowest BCUT2D eigenvalue weighted by molar-refractivity contribution is 0.242. The molecule has 1 heterocycles. The van der Waals surface area contributed by atoms with Crippen LogP contribution in [0.2, 0.25) is 0 Å². The van der Waals surface area contributed by atoms with Crippen molar-refractivity contribution in [2.24, 2.45) is 7.05 Å². The van der Waals surface area contributed by atoms with Crippen LogP contribution in [-0.4, -0.2) is 21.0 Å². The summed E-state index contributed by atoms with van der Waals surface area (Å²) < 4.78 is 6.81. The maximum atomic E-state index is 11.7. The number of aliphatic hydroxyl groups is 1. The van der Waals surface area contributed by atoms with Gasteiger partial charge < -0.3 is 9.84 Å². The third-order valence-corrected chi connectivity index (χ3v) is 2.83. The summed E-state index contributed by atoms with van der Waals surface area (Å²) in [7, 11) is 1.57. The summed E-state index contributed by atoms with van der Waals surface area (Å²) in [4.78, 5) is 11.7. The van der Waals surface area contributed by atoms with Crippen molar-refractivity contribution < 1.29 is 9.84 Å². The predicted octanol–water partition coefficient (Wildman–Crippen LogP) is 1.73. The van der Waals surface area contributed by atoms with E-state index in [4.69, 9.17) is 4.74 Å². The maximum absolute atomic E-state index is 11.7. The molecule has 0 radical (unpaired) electrons. The summed E-state index contributed by atoms with van der Waals surface area (Å²) in [5.74, 6) is 0.788. The molecule has 2 rings (SSSR count).